The number of H-pyrrole nitrogens is 2. The van der Waals surface area contributed by atoms with Crippen LogP contribution in [0.15, 0.2) is 66.0 Å². The van der Waals surface area contributed by atoms with E-state index in [-0.39, 0.29) is 0 Å². The van der Waals surface area contributed by atoms with Crippen LogP contribution in [0.25, 0.3) is 56.0 Å². The van der Waals surface area contributed by atoms with Crippen LogP contribution in [-0.4, -0.2) is 66.3 Å². The second-order valence-electron chi connectivity index (χ2n) is 9.15. The third-order valence-corrected chi connectivity index (χ3v) is 6.77. The lowest BCUT2D eigenvalue weighted by Gasteiger charge is -2.15. The van der Waals surface area contributed by atoms with Crippen LogP contribution in [-0.2, 0) is 0 Å². The summed E-state index contributed by atoms with van der Waals surface area (Å²) in [5.74, 6) is 1.36. The molecule has 0 bridgehead atoms. The Balaban J connectivity index is 1.20. The highest BCUT2D eigenvalue weighted by Gasteiger charge is 2.17. The zero-order valence-electron chi connectivity index (χ0n) is 20.0. The highest BCUT2D eigenvalue weighted by Crippen LogP contribution is 2.32. The molecule has 37 heavy (non-hydrogen) atoms. The number of fused-ring (bicyclic) bond motifs is 2. The van der Waals surface area contributed by atoms with Crippen LogP contribution in [0.3, 0.4) is 0 Å². The van der Waals surface area contributed by atoms with Gasteiger partial charge in [-0.2, -0.15) is 5.10 Å². The van der Waals surface area contributed by atoms with Gasteiger partial charge in [0.15, 0.2) is 11.5 Å². The summed E-state index contributed by atoms with van der Waals surface area (Å²) in [6.07, 6.45) is 13.0. The van der Waals surface area contributed by atoms with E-state index >= 15 is 0 Å². The zero-order valence-corrected chi connectivity index (χ0v) is 20.0. The number of nitrogens with zero attached hydrogens (tertiary/aromatic N) is 6. The first kappa shape index (κ1) is 21.7. The number of rotatable bonds is 7. The Bertz CT molecular complexity index is 1680. The summed E-state index contributed by atoms with van der Waals surface area (Å²) in [4.78, 5) is 24.1. The highest BCUT2D eigenvalue weighted by atomic mass is 16.5. The van der Waals surface area contributed by atoms with Crippen molar-refractivity contribution in [2.45, 2.75) is 12.8 Å². The van der Waals surface area contributed by atoms with Gasteiger partial charge in [-0.1, -0.05) is 0 Å². The van der Waals surface area contributed by atoms with Crippen LogP contribution in [0, 0.1) is 0 Å². The minimum atomic E-state index is 0.624. The largest absolute Gasteiger partial charge is 0.491 e. The molecule has 1 fully saturated rings. The van der Waals surface area contributed by atoms with Gasteiger partial charge in [-0.15, -0.1) is 0 Å². The van der Waals surface area contributed by atoms with Gasteiger partial charge in [0.2, 0.25) is 0 Å². The fraction of sp³-hybridized carbons (Fsp3) is 0.222. The standard InChI is InChI=1S/C27H24N8O2/c1-2-7-35(6-1)8-10-37-19-11-18(13-28-14-19)22-12-21-23(15-30-22)33-34-25(21)27-31-24-20(17-4-9-36-16-17)3-5-29-26(24)32-27/h3-5,9,11-16H,1-2,6-8,10H2,(H,33,34)(H,29,31,32). The van der Waals surface area contributed by atoms with Crippen molar-refractivity contribution in [3.05, 3.63) is 61.6 Å². The van der Waals surface area contributed by atoms with Gasteiger partial charge >= 0.3 is 0 Å². The zero-order chi connectivity index (χ0) is 24.6. The van der Waals surface area contributed by atoms with Crippen molar-refractivity contribution in [3.63, 3.8) is 0 Å². The summed E-state index contributed by atoms with van der Waals surface area (Å²) >= 11 is 0. The fourth-order valence-corrected chi connectivity index (χ4v) is 4.87. The molecule has 10 heteroatoms. The van der Waals surface area contributed by atoms with E-state index in [2.05, 4.69) is 35.0 Å². The van der Waals surface area contributed by atoms with Crippen molar-refractivity contribution in [3.8, 4) is 39.7 Å². The van der Waals surface area contributed by atoms with Gasteiger partial charge in [0.05, 0.1) is 36.1 Å². The highest BCUT2D eigenvalue weighted by molar-refractivity contribution is 5.96. The summed E-state index contributed by atoms with van der Waals surface area (Å²) in [6.45, 7) is 3.89. The smallest absolute Gasteiger partial charge is 0.160 e. The topological polar surface area (TPSA) is 122 Å². The molecule has 0 radical (unpaired) electrons. The molecular weight excluding hydrogens is 468 g/mol. The summed E-state index contributed by atoms with van der Waals surface area (Å²) in [5, 5.41) is 8.50. The van der Waals surface area contributed by atoms with Gasteiger partial charge in [-0.3, -0.25) is 20.0 Å². The lowest BCUT2D eigenvalue weighted by Crippen LogP contribution is -2.25. The Hall–Kier alpha value is -4.57. The molecule has 184 valence electrons. The number of aromatic nitrogens is 7. The maximum absolute atomic E-state index is 5.99. The number of furan rings is 1. The Morgan fingerprint density at radius 1 is 1.03 bits per heavy atom. The Morgan fingerprint density at radius 3 is 2.86 bits per heavy atom. The molecule has 0 atom stereocenters. The van der Waals surface area contributed by atoms with E-state index in [4.69, 9.17) is 14.1 Å². The van der Waals surface area contributed by atoms with E-state index in [1.165, 1.54) is 12.8 Å². The first-order valence-electron chi connectivity index (χ1n) is 12.3. The summed E-state index contributed by atoms with van der Waals surface area (Å²) in [7, 11) is 0. The van der Waals surface area contributed by atoms with Gasteiger partial charge in [-0.05, 0) is 50.2 Å². The van der Waals surface area contributed by atoms with Crippen LogP contribution < -0.4 is 4.74 Å². The first-order valence-corrected chi connectivity index (χ1v) is 12.3. The van der Waals surface area contributed by atoms with Crippen molar-refractivity contribution in [1.29, 1.82) is 0 Å². The predicted octanol–water partition coefficient (Wildman–Crippen LogP) is 4.69. The Labute approximate surface area is 211 Å². The van der Waals surface area contributed by atoms with Crippen LogP contribution >= 0.6 is 0 Å². The van der Waals surface area contributed by atoms with Crippen LogP contribution in [0.2, 0.25) is 0 Å². The Kier molecular flexibility index (Phi) is 5.36. The third-order valence-electron chi connectivity index (χ3n) is 6.77. The number of nitrogens with one attached hydrogen (secondary N) is 2. The van der Waals surface area contributed by atoms with E-state index in [0.717, 1.165) is 64.2 Å². The van der Waals surface area contributed by atoms with Crippen molar-refractivity contribution >= 4 is 22.1 Å². The predicted molar refractivity (Wildman–Crippen MR) is 139 cm³/mol. The van der Waals surface area contributed by atoms with Crippen molar-refractivity contribution in [2.75, 3.05) is 26.2 Å². The van der Waals surface area contributed by atoms with Crippen molar-refractivity contribution < 1.29 is 9.15 Å². The SMILES string of the molecule is c1cc(-c2ccoc2)c2nc(-c3n[nH]c4cnc(-c5cncc(OCCN6CCCC6)c5)cc34)[nH]c2n1. The number of hydrogen-bond acceptors (Lipinski definition) is 8. The number of ether oxygens (including phenoxy) is 1. The molecule has 2 N–H and O–H groups in total. The number of pyridine rings is 3. The van der Waals surface area contributed by atoms with Crippen molar-refractivity contribution in [1.82, 2.24) is 40.0 Å². The van der Waals surface area contributed by atoms with Crippen LogP contribution in [0.5, 0.6) is 5.75 Å². The molecule has 0 aromatic carbocycles. The second-order valence-corrected chi connectivity index (χ2v) is 9.15. The van der Waals surface area contributed by atoms with Crippen molar-refractivity contribution in [2.24, 2.45) is 0 Å². The maximum Gasteiger partial charge on any atom is 0.160 e. The number of aromatic amines is 2. The van der Waals surface area contributed by atoms with E-state index in [1.54, 1.807) is 37.3 Å². The molecule has 7 rings (SSSR count). The number of likely N-dealkylation sites (tertiary alicyclic amines) is 1. The molecule has 0 amide bonds. The average molecular weight is 493 g/mol. The molecule has 0 aliphatic carbocycles. The quantitative estimate of drug-likeness (QED) is 0.329. The van der Waals surface area contributed by atoms with Gasteiger partial charge in [-0.25, -0.2) is 9.97 Å². The van der Waals surface area contributed by atoms with Gasteiger partial charge in [0.1, 0.15) is 23.6 Å². The van der Waals surface area contributed by atoms with Crippen LogP contribution in [0.1, 0.15) is 12.8 Å². The summed E-state index contributed by atoms with van der Waals surface area (Å²) in [6, 6.07) is 7.81. The normalized spacial score (nSPS) is 14.2. The summed E-state index contributed by atoms with van der Waals surface area (Å²) in [5.41, 5.74) is 6.49. The lowest BCUT2D eigenvalue weighted by molar-refractivity contribution is 0.237. The molecular formula is C27H24N8O2. The average Bonchev–Trinajstić information content (AvgIpc) is 3.74. The van der Waals surface area contributed by atoms with E-state index in [1.807, 2.05) is 24.3 Å². The molecule has 0 saturated carbocycles. The summed E-state index contributed by atoms with van der Waals surface area (Å²) < 4.78 is 11.3. The molecule has 1 saturated heterocycles. The lowest BCUT2D eigenvalue weighted by atomic mass is 10.1. The van der Waals surface area contributed by atoms with Gasteiger partial charge in [0, 0.05) is 41.0 Å². The minimum Gasteiger partial charge on any atom is -0.491 e. The first-order chi connectivity index (χ1) is 18.3. The van der Waals surface area contributed by atoms with Gasteiger partial charge < -0.3 is 14.1 Å². The molecule has 6 aromatic rings. The number of hydrogen-bond donors (Lipinski definition) is 2. The van der Waals surface area contributed by atoms with Crippen LogP contribution in [0.4, 0.5) is 0 Å². The van der Waals surface area contributed by atoms with E-state index in [9.17, 15) is 0 Å². The molecule has 1 aliphatic heterocycles. The third kappa shape index (κ3) is 4.11. The molecule has 7 heterocycles. The Morgan fingerprint density at radius 2 is 1.97 bits per heavy atom. The molecule has 10 nitrogen and oxygen atoms in total. The monoisotopic (exact) mass is 492 g/mol. The molecule has 0 unspecified atom stereocenters. The number of imidazole rings is 1. The minimum absolute atomic E-state index is 0.624. The molecule has 0 spiro atoms. The van der Waals surface area contributed by atoms with E-state index < -0.39 is 0 Å². The molecule has 6 aromatic heterocycles. The maximum atomic E-state index is 5.99. The second kappa shape index (κ2) is 9.14. The van der Waals surface area contributed by atoms with E-state index in [0.29, 0.717) is 23.8 Å². The fourth-order valence-electron chi connectivity index (χ4n) is 4.87. The molecule has 1 aliphatic rings. The van der Waals surface area contributed by atoms with Gasteiger partial charge in [0.25, 0.3) is 0 Å².